The predicted molar refractivity (Wildman–Crippen MR) is 80.3 cm³/mol. The molecule has 0 radical (unpaired) electrons. The summed E-state index contributed by atoms with van der Waals surface area (Å²) in [6, 6.07) is 0. The van der Waals surface area contributed by atoms with E-state index >= 15 is 0 Å². The summed E-state index contributed by atoms with van der Waals surface area (Å²) in [5, 5.41) is 3.43. The summed E-state index contributed by atoms with van der Waals surface area (Å²) in [6.45, 7) is 14.7. The molecule has 0 aliphatic carbocycles. The second-order valence-corrected chi connectivity index (χ2v) is 7.41. The maximum absolute atomic E-state index is 4.89. The molecule has 0 fully saturated rings. The van der Waals surface area contributed by atoms with Crippen LogP contribution in [-0.4, -0.2) is 16.1 Å². The van der Waals surface area contributed by atoms with Crippen molar-refractivity contribution in [3.8, 4) is 0 Å². The highest BCUT2D eigenvalue weighted by atomic mass is 15.1. The van der Waals surface area contributed by atoms with Crippen LogP contribution in [0.5, 0.6) is 0 Å². The first-order valence-electron chi connectivity index (χ1n) is 7.64. The van der Waals surface area contributed by atoms with Crippen LogP contribution in [0.1, 0.15) is 58.3 Å². The molecule has 0 aromatic carbocycles. The fraction of sp³-hybridized carbons (Fsp3) is 0.812. The summed E-state index contributed by atoms with van der Waals surface area (Å²) in [6.07, 6.45) is 3.44. The second kappa shape index (κ2) is 5.66. The molecule has 3 nitrogen and oxygen atoms in total. The van der Waals surface area contributed by atoms with Gasteiger partial charge in [-0.1, -0.05) is 34.6 Å². The van der Waals surface area contributed by atoms with Crippen LogP contribution < -0.4 is 5.32 Å². The summed E-state index contributed by atoms with van der Waals surface area (Å²) < 4.78 is 2.52. The molecule has 0 bridgehead atoms. The smallest absolute Gasteiger partial charge is 0.109 e. The first kappa shape index (κ1) is 14.6. The Bertz CT molecular complexity index is 424. The van der Waals surface area contributed by atoms with Crippen molar-refractivity contribution < 1.29 is 0 Å². The van der Waals surface area contributed by atoms with Gasteiger partial charge in [0.25, 0.3) is 0 Å². The third-order valence-corrected chi connectivity index (χ3v) is 3.74. The van der Waals surface area contributed by atoms with Gasteiger partial charge in [-0.2, -0.15) is 0 Å². The molecule has 0 atom stereocenters. The van der Waals surface area contributed by atoms with Crippen molar-refractivity contribution >= 4 is 0 Å². The molecule has 1 aromatic rings. The molecule has 1 aliphatic rings. The van der Waals surface area contributed by atoms with Crippen LogP contribution in [0.15, 0.2) is 0 Å². The van der Waals surface area contributed by atoms with E-state index in [4.69, 9.17) is 4.98 Å². The fourth-order valence-electron chi connectivity index (χ4n) is 2.66. The van der Waals surface area contributed by atoms with Crippen molar-refractivity contribution in [3.05, 3.63) is 17.2 Å². The van der Waals surface area contributed by atoms with E-state index in [1.54, 1.807) is 0 Å². The minimum absolute atomic E-state index is 0.388. The minimum Gasteiger partial charge on any atom is -0.332 e. The minimum atomic E-state index is 0.388. The molecule has 2 heterocycles. The lowest BCUT2D eigenvalue weighted by Crippen LogP contribution is -2.25. The van der Waals surface area contributed by atoms with E-state index in [-0.39, 0.29) is 0 Å². The number of imidazole rings is 1. The number of hydrogen-bond acceptors (Lipinski definition) is 2. The predicted octanol–water partition coefficient (Wildman–Crippen LogP) is 3.16. The van der Waals surface area contributed by atoms with Crippen molar-refractivity contribution in [1.82, 2.24) is 14.9 Å². The number of hydrogen-bond donors (Lipinski definition) is 1. The van der Waals surface area contributed by atoms with Gasteiger partial charge in [0.05, 0.1) is 5.69 Å². The zero-order valence-corrected chi connectivity index (χ0v) is 13.2. The van der Waals surface area contributed by atoms with E-state index in [1.807, 2.05) is 0 Å². The monoisotopic (exact) mass is 263 g/mol. The largest absolute Gasteiger partial charge is 0.332 e. The number of rotatable bonds is 4. The van der Waals surface area contributed by atoms with Crippen molar-refractivity contribution in [2.45, 2.75) is 67.0 Å². The van der Waals surface area contributed by atoms with Gasteiger partial charge >= 0.3 is 0 Å². The van der Waals surface area contributed by atoms with Crippen LogP contribution in [-0.2, 0) is 25.9 Å². The van der Waals surface area contributed by atoms with Crippen LogP contribution in [0, 0.1) is 11.3 Å². The molecule has 3 heteroatoms. The lowest BCUT2D eigenvalue weighted by Gasteiger charge is -2.22. The Balaban J connectivity index is 2.24. The highest BCUT2D eigenvalue weighted by Gasteiger charge is 2.21. The summed E-state index contributed by atoms with van der Waals surface area (Å²) in [4.78, 5) is 4.89. The highest BCUT2D eigenvalue weighted by Crippen LogP contribution is 2.24. The number of fused-ring (bicyclic) bond motifs is 1. The first-order valence-corrected chi connectivity index (χ1v) is 7.64. The molecule has 0 saturated heterocycles. The lowest BCUT2D eigenvalue weighted by molar-refractivity contribution is 0.343. The second-order valence-electron chi connectivity index (χ2n) is 7.41. The Morgan fingerprint density at radius 1 is 1.32 bits per heavy atom. The zero-order chi connectivity index (χ0) is 14.0. The SMILES string of the molecule is CC(C)Cc1nc2c(n1CCC(C)(C)C)CCNC2. The van der Waals surface area contributed by atoms with E-state index in [0.29, 0.717) is 11.3 Å². The Hall–Kier alpha value is -0.830. The molecule has 0 spiro atoms. The van der Waals surface area contributed by atoms with Crippen molar-refractivity contribution in [2.75, 3.05) is 6.54 Å². The average Bonchev–Trinajstić information content (AvgIpc) is 2.61. The molecule has 1 aliphatic heterocycles. The third kappa shape index (κ3) is 3.82. The first-order chi connectivity index (χ1) is 8.87. The van der Waals surface area contributed by atoms with Crippen LogP contribution in [0.3, 0.4) is 0 Å². The topological polar surface area (TPSA) is 29.9 Å². The summed E-state index contributed by atoms with van der Waals surface area (Å²) >= 11 is 0. The van der Waals surface area contributed by atoms with Crippen molar-refractivity contribution in [3.63, 3.8) is 0 Å². The van der Waals surface area contributed by atoms with Gasteiger partial charge in [-0.05, 0) is 17.8 Å². The fourth-order valence-corrected chi connectivity index (χ4v) is 2.66. The molecule has 0 amide bonds. The van der Waals surface area contributed by atoms with E-state index in [0.717, 1.165) is 32.5 Å². The Morgan fingerprint density at radius 2 is 2.05 bits per heavy atom. The highest BCUT2D eigenvalue weighted by molar-refractivity contribution is 5.20. The standard InChI is InChI=1S/C16H29N3/c1-12(2)10-15-18-13-11-17-8-6-14(13)19(15)9-7-16(3,4)5/h12,17H,6-11H2,1-5H3. The normalized spacial score (nSPS) is 15.9. The van der Waals surface area contributed by atoms with Gasteiger partial charge in [0.2, 0.25) is 0 Å². The van der Waals surface area contributed by atoms with Gasteiger partial charge in [-0.3, -0.25) is 0 Å². The number of nitrogens with zero attached hydrogens (tertiary/aromatic N) is 2. The molecule has 1 aromatic heterocycles. The van der Waals surface area contributed by atoms with Crippen molar-refractivity contribution in [2.24, 2.45) is 11.3 Å². The van der Waals surface area contributed by atoms with Gasteiger partial charge in [-0.25, -0.2) is 4.98 Å². The van der Waals surface area contributed by atoms with Crippen LogP contribution in [0.25, 0.3) is 0 Å². The molecular formula is C16H29N3. The molecule has 1 N–H and O–H groups in total. The van der Waals surface area contributed by atoms with E-state index < -0.39 is 0 Å². The van der Waals surface area contributed by atoms with Gasteiger partial charge in [0, 0.05) is 38.2 Å². The Morgan fingerprint density at radius 3 is 2.68 bits per heavy atom. The van der Waals surface area contributed by atoms with E-state index in [1.165, 1.54) is 23.6 Å². The van der Waals surface area contributed by atoms with Gasteiger partial charge in [0.1, 0.15) is 5.82 Å². The lowest BCUT2D eigenvalue weighted by atomic mass is 9.92. The molecule has 0 saturated carbocycles. The van der Waals surface area contributed by atoms with Crippen LogP contribution in [0.4, 0.5) is 0 Å². The van der Waals surface area contributed by atoms with Gasteiger partial charge in [-0.15, -0.1) is 0 Å². The number of nitrogens with one attached hydrogen (secondary N) is 1. The maximum atomic E-state index is 4.89. The molecule has 0 unspecified atom stereocenters. The number of aromatic nitrogens is 2. The average molecular weight is 263 g/mol. The van der Waals surface area contributed by atoms with E-state index in [9.17, 15) is 0 Å². The van der Waals surface area contributed by atoms with Gasteiger partial charge in [0.15, 0.2) is 0 Å². The van der Waals surface area contributed by atoms with E-state index in [2.05, 4.69) is 44.5 Å². The van der Waals surface area contributed by atoms with Crippen LogP contribution >= 0.6 is 0 Å². The maximum Gasteiger partial charge on any atom is 0.109 e. The Kier molecular flexibility index (Phi) is 4.34. The summed E-state index contributed by atoms with van der Waals surface area (Å²) in [5.41, 5.74) is 3.16. The molecule has 2 rings (SSSR count). The zero-order valence-electron chi connectivity index (χ0n) is 13.2. The van der Waals surface area contributed by atoms with Crippen LogP contribution in [0.2, 0.25) is 0 Å². The molecular weight excluding hydrogens is 234 g/mol. The Labute approximate surface area is 117 Å². The molecule has 108 valence electrons. The summed E-state index contributed by atoms with van der Waals surface area (Å²) in [7, 11) is 0. The molecule has 19 heavy (non-hydrogen) atoms. The van der Waals surface area contributed by atoms with Gasteiger partial charge < -0.3 is 9.88 Å². The quantitative estimate of drug-likeness (QED) is 0.904. The summed E-state index contributed by atoms with van der Waals surface area (Å²) in [5.74, 6) is 1.97. The third-order valence-electron chi connectivity index (χ3n) is 3.74. The van der Waals surface area contributed by atoms with Crippen molar-refractivity contribution in [1.29, 1.82) is 0 Å².